The molecule has 0 amide bonds. The van der Waals surface area contributed by atoms with Crippen molar-refractivity contribution in [2.24, 2.45) is 10.8 Å². The smallest absolute Gasteiger partial charge is 0.406 e. The fourth-order valence-electron chi connectivity index (χ4n) is 4.28. The third kappa shape index (κ3) is 4.40. The summed E-state index contributed by atoms with van der Waals surface area (Å²) in [7, 11) is 0. The molecule has 0 spiro atoms. The second kappa shape index (κ2) is 5.47. The van der Waals surface area contributed by atoms with Crippen LogP contribution in [-0.2, 0) is 0 Å². The molecule has 1 aromatic carbocycles. The van der Waals surface area contributed by atoms with Gasteiger partial charge in [-0.15, -0.1) is 13.2 Å². The number of rotatable bonds is 2. The van der Waals surface area contributed by atoms with Crippen LogP contribution in [0.5, 0.6) is 5.75 Å². The van der Waals surface area contributed by atoms with Gasteiger partial charge >= 0.3 is 6.36 Å². The molecule has 1 nitrogen and oxygen atoms in total. The molecule has 0 bridgehead atoms. The van der Waals surface area contributed by atoms with Gasteiger partial charge in [0.2, 0.25) is 0 Å². The van der Waals surface area contributed by atoms with Crippen molar-refractivity contribution >= 4 is 0 Å². The van der Waals surface area contributed by atoms with E-state index in [-0.39, 0.29) is 16.6 Å². The van der Waals surface area contributed by atoms with E-state index in [0.29, 0.717) is 5.92 Å². The molecule has 0 heterocycles. The van der Waals surface area contributed by atoms with E-state index in [1.54, 1.807) is 0 Å². The quantitative estimate of drug-likeness (QED) is 0.649. The van der Waals surface area contributed by atoms with Gasteiger partial charge in [-0.25, -0.2) is 0 Å². The maximum Gasteiger partial charge on any atom is 0.573 e. The fourth-order valence-corrected chi connectivity index (χ4v) is 4.28. The normalized spacial score (nSPS) is 21.6. The molecule has 0 unspecified atom stereocenters. The number of ether oxygens (including phenoxy) is 1. The molecule has 0 saturated heterocycles. The minimum Gasteiger partial charge on any atom is -0.406 e. The van der Waals surface area contributed by atoms with Crippen molar-refractivity contribution in [2.45, 2.75) is 66.2 Å². The van der Waals surface area contributed by atoms with E-state index in [1.807, 2.05) is 6.92 Å². The second-order valence-electron chi connectivity index (χ2n) is 8.09. The van der Waals surface area contributed by atoms with E-state index in [1.165, 1.54) is 12.1 Å². The SMILES string of the molecule is Cc1cc(OC(F)(F)F)c[c]c1C1CC(C)(C)CC(C)(C)C1. The Hall–Kier alpha value is -1.19. The molecular formula is C18H24F3O. The molecule has 1 aromatic rings. The Morgan fingerprint density at radius 2 is 1.68 bits per heavy atom. The van der Waals surface area contributed by atoms with Crippen LogP contribution in [0.1, 0.15) is 64.0 Å². The Morgan fingerprint density at radius 1 is 1.14 bits per heavy atom. The molecule has 0 aromatic heterocycles. The van der Waals surface area contributed by atoms with Gasteiger partial charge in [0, 0.05) is 0 Å². The van der Waals surface area contributed by atoms with Gasteiger partial charge in [0.25, 0.3) is 0 Å². The van der Waals surface area contributed by atoms with Crippen LogP contribution in [0.15, 0.2) is 12.1 Å². The lowest BCUT2D eigenvalue weighted by Crippen LogP contribution is -2.33. The van der Waals surface area contributed by atoms with Crippen molar-refractivity contribution in [1.29, 1.82) is 0 Å². The summed E-state index contributed by atoms with van der Waals surface area (Å²) in [5.74, 6) is 0.141. The van der Waals surface area contributed by atoms with Gasteiger partial charge in [-0.05, 0) is 72.3 Å². The van der Waals surface area contributed by atoms with Crippen molar-refractivity contribution in [3.05, 3.63) is 29.3 Å². The molecule has 123 valence electrons. The molecule has 2 rings (SSSR count). The van der Waals surface area contributed by atoms with Crippen molar-refractivity contribution in [2.75, 3.05) is 0 Å². The van der Waals surface area contributed by atoms with Gasteiger partial charge in [-0.3, -0.25) is 0 Å². The minimum atomic E-state index is -4.66. The minimum absolute atomic E-state index is 0.192. The number of hydrogen-bond donors (Lipinski definition) is 0. The summed E-state index contributed by atoms with van der Waals surface area (Å²) in [6.07, 6.45) is -1.43. The average molecular weight is 313 g/mol. The monoisotopic (exact) mass is 313 g/mol. The third-order valence-corrected chi connectivity index (χ3v) is 4.35. The van der Waals surface area contributed by atoms with Gasteiger partial charge in [-0.2, -0.15) is 0 Å². The number of halogens is 3. The van der Waals surface area contributed by atoms with Crippen molar-refractivity contribution in [1.82, 2.24) is 0 Å². The van der Waals surface area contributed by atoms with Crippen LogP contribution in [0.2, 0.25) is 0 Å². The molecule has 1 aliphatic rings. The Bertz CT molecular complexity index is 528. The number of aryl methyl sites for hydroxylation is 1. The molecule has 1 aliphatic carbocycles. The summed E-state index contributed by atoms with van der Waals surface area (Å²) >= 11 is 0. The highest BCUT2D eigenvalue weighted by atomic mass is 19.4. The highest BCUT2D eigenvalue weighted by Gasteiger charge is 2.39. The van der Waals surface area contributed by atoms with Crippen LogP contribution < -0.4 is 4.74 Å². The van der Waals surface area contributed by atoms with E-state index in [9.17, 15) is 13.2 Å². The highest BCUT2D eigenvalue weighted by molar-refractivity contribution is 5.36. The highest BCUT2D eigenvalue weighted by Crippen LogP contribution is 2.52. The largest absolute Gasteiger partial charge is 0.573 e. The van der Waals surface area contributed by atoms with E-state index in [0.717, 1.165) is 30.4 Å². The van der Waals surface area contributed by atoms with Crippen molar-refractivity contribution in [3.63, 3.8) is 0 Å². The van der Waals surface area contributed by atoms with Crippen LogP contribution in [0.4, 0.5) is 13.2 Å². The van der Waals surface area contributed by atoms with Crippen LogP contribution >= 0.6 is 0 Å². The van der Waals surface area contributed by atoms with E-state index < -0.39 is 6.36 Å². The van der Waals surface area contributed by atoms with Crippen LogP contribution in [-0.4, -0.2) is 6.36 Å². The summed E-state index contributed by atoms with van der Waals surface area (Å²) < 4.78 is 40.9. The second-order valence-corrected chi connectivity index (χ2v) is 8.09. The fraction of sp³-hybridized carbons (Fsp3) is 0.667. The molecule has 0 N–H and O–H groups in total. The zero-order valence-corrected chi connectivity index (χ0v) is 13.9. The summed E-state index contributed by atoms with van der Waals surface area (Å²) in [5.41, 5.74) is 2.30. The Balaban J connectivity index is 2.25. The van der Waals surface area contributed by atoms with Crippen LogP contribution in [0.25, 0.3) is 0 Å². The van der Waals surface area contributed by atoms with Crippen LogP contribution in [0.3, 0.4) is 0 Å². The maximum atomic E-state index is 12.3. The lowest BCUT2D eigenvalue weighted by Gasteiger charge is -2.45. The summed E-state index contributed by atoms with van der Waals surface area (Å²) in [6, 6.07) is 5.82. The number of hydrogen-bond acceptors (Lipinski definition) is 1. The van der Waals surface area contributed by atoms with E-state index >= 15 is 0 Å². The average Bonchev–Trinajstić information content (AvgIpc) is 2.21. The summed E-state index contributed by atoms with van der Waals surface area (Å²) in [5, 5.41) is 0. The number of alkyl halides is 3. The zero-order valence-electron chi connectivity index (χ0n) is 13.9. The van der Waals surface area contributed by atoms with Gasteiger partial charge < -0.3 is 4.74 Å². The molecule has 1 fully saturated rings. The lowest BCUT2D eigenvalue weighted by molar-refractivity contribution is -0.274. The standard InChI is InChI=1S/C18H24F3O/c1-12-8-14(22-18(19,20)21)6-7-15(12)13-9-16(2,3)11-17(4,5)10-13/h6,8,13H,9-11H2,1-5H3. The van der Waals surface area contributed by atoms with Crippen LogP contribution in [0, 0.1) is 23.8 Å². The molecule has 0 atom stereocenters. The molecule has 1 radical (unpaired) electrons. The lowest BCUT2D eigenvalue weighted by atomic mass is 9.60. The zero-order chi connectivity index (χ0) is 16.8. The Kier molecular flexibility index (Phi) is 4.27. The van der Waals surface area contributed by atoms with Gasteiger partial charge in [0.05, 0.1) is 0 Å². The third-order valence-electron chi connectivity index (χ3n) is 4.35. The van der Waals surface area contributed by atoms with E-state index in [4.69, 9.17) is 0 Å². The summed E-state index contributed by atoms with van der Waals surface area (Å²) in [4.78, 5) is 0. The van der Waals surface area contributed by atoms with Gasteiger partial charge in [0.1, 0.15) is 5.75 Å². The first-order valence-corrected chi connectivity index (χ1v) is 7.65. The van der Waals surface area contributed by atoms with Crippen molar-refractivity contribution in [3.8, 4) is 5.75 Å². The molecule has 22 heavy (non-hydrogen) atoms. The maximum absolute atomic E-state index is 12.3. The molecule has 1 saturated carbocycles. The van der Waals surface area contributed by atoms with Crippen molar-refractivity contribution < 1.29 is 17.9 Å². The van der Waals surface area contributed by atoms with Gasteiger partial charge in [0.15, 0.2) is 0 Å². The van der Waals surface area contributed by atoms with Gasteiger partial charge in [-0.1, -0.05) is 27.7 Å². The Labute approximate surface area is 130 Å². The first kappa shape index (κ1) is 17.2. The Morgan fingerprint density at radius 3 is 2.14 bits per heavy atom. The molecular weight excluding hydrogens is 289 g/mol. The number of benzene rings is 1. The summed E-state index contributed by atoms with van der Waals surface area (Å²) in [6.45, 7) is 10.9. The first-order valence-electron chi connectivity index (χ1n) is 7.65. The predicted molar refractivity (Wildman–Crippen MR) is 80.9 cm³/mol. The van der Waals surface area contributed by atoms with E-state index in [2.05, 4.69) is 38.5 Å². The molecule has 0 aliphatic heterocycles. The first-order chi connectivity index (χ1) is 9.87. The molecule has 4 heteroatoms. The topological polar surface area (TPSA) is 9.23 Å². The predicted octanol–water partition coefficient (Wildman–Crippen LogP) is 6.01.